The molecular weight excluding hydrogens is 895 g/mol. The highest BCUT2D eigenvalue weighted by molar-refractivity contribution is 6.99. The van der Waals surface area contributed by atoms with E-state index in [1.807, 2.05) is 42.5 Å². The summed E-state index contributed by atoms with van der Waals surface area (Å²) in [6, 6.07) is 26.1. The van der Waals surface area contributed by atoms with E-state index in [4.69, 9.17) is 18.6 Å². The van der Waals surface area contributed by atoms with E-state index < -0.39 is 60.0 Å². The van der Waals surface area contributed by atoms with E-state index in [0.717, 1.165) is 48.9 Å². The first-order chi connectivity index (χ1) is 33.1. The quantitative estimate of drug-likeness (QED) is 0.0229. The van der Waals surface area contributed by atoms with Crippen molar-refractivity contribution in [2.24, 2.45) is 5.92 Å². The number of esters is 2. The Hall–Kier alpha value is -5.02. The van der Waals surface area contributed by atoms with Gasteiger partial charge in [0, 0.05) is 32.3 Å². The first kappa shape index (κ1) is 59.3. The molecule has 0 saturated heterocycles. The lowest BCUT2D eigenvalue weighted by molar-refractivity contribution is -0.185. The number of hydrogen-bond acceptors (Lipinski definition) is 9. The summed E-state index contributed by atoms with van der Waals surface area (Å²) in [6.45, 7) is 20.9. The van der Waals surface area contributed by atoms with Crippen LogP contribution in [-0.2, 0) is 39.5 Å². The average molecular weight is 980 g/mol. The summed E-state index contributed by atoms with van der Waals surface area (Å²) in [5, 5.41) is 17.6. The molecule has 0 aliphatic carbocycles. The topological polar surface area (TPSA) is 137 Å². The summed E-state index contributed by atoms with van der Waals surface area (Å²) in [5.74, 6) is 2.67. The summed E-state index contributed by atoms with van der Waals surface area (Å²) in [7, 11) is -3.16. The number of carbonyl (C=O) groups is 4. The third-order valence-corrected chi connectivity index (χ3v) is 17.1. The first-order valence-electron chi connectivity index (χ1n) is 25.6. The predicted octanol–water partition coefficient (Wildman–Crippen LogP) is 10.9. The van der Waals surface area contributed by atoms with Gasteiger partial charge in [0.25, 0.3) is 8.32 Å². The van der Waals surface area contributed by atoms with Crippen molar-refractivity contribution in [3.63, 3.8) is 0 Å². The number of hydrogen-bond donors (Lipinski definition) is 2. The molecule has 3 atom stereocenters. The van der Waals surface area contributed by atoms with Crippen molar-refractivity contribution in [2.75, 3.05) is 13.2 Å². The second-order valence-corrected chi connectivity index (χ2v) is 25.7. The molecule has 70 heavy (non-hydrogen) atoms. The van der Waals surface area contributed by atoms with Crippen LogP contribution in [0.25, 0.3) is 0 Å². The zero-order valence-corrected chi connectivity index (χ0v) is 45.4. The van der Waals surface area contributed by atoms with Gasteiger partial charge in [0.15, 0.2) is 5.60 Å². The lowest BCUT2D eigenvalue weighted by Gasteiger charge is -2.44. The molecule has 0 aliphatic heterocycles. The molecule has 3 rings (SSSR count). The van der Waals surface area contributed by atoms with Crippen molar-refractivity contribution < 1.29 is 42.9 Å². The van der Waals surface area contributed by atoms with Gasteiger partial charge < -0.3 is 29.1 Å². The zero-order valence-electron chi connectivity index (χ0n) is 44.4. The first-order valence-corrected chi connectivity index (χ1v) is 27.5. The second kappa shape index (κ2) is 28.7. The number of ether oxygens (including phenoxy) is 3. The maximum atomic E-state index is 15.1. The Morgan fingerprint density at radius 2 is 1.26 bits per heavy atom. The van der Waals surface area contributed by atoms with Gasteiger partial charge in [0.2, 0.25) is 5.91 Å². The van der Waals surface area contributed by atoms with Crippen molar-refractivity contribution in [2.45, 2.75) is 194 Å². The van der Waals surface area contributed by atoms with Crippen LogP contribution < -0.4 is 20.4 Å². The molecule has 384 valence electrons. The van der Waals surface area contributed by atoms with Crippen LogP contribution in [0, 0.1) is 17.8 Å². The second-order valence-electron chi connectivity index (χ2n) is 21.4. The summed E-state index contributed by atoms with van der Waals surface area (Å²) < 4.78 is 24.7. The molecule has 1 amide bonds. The number of amides is 1. The standard InChI is InChI=1S/C59H85NO9Si/c1-12-14-16-19-24-31-47(61)32-25-20-17-18-21-30-37-51(53(62)60-52(54(63)68-56(3,4)5)45-46-38-40-48(41-39-46)66-43-15-13-2)59(65,55(64)69-57(6,7)8)42-44-67-70(58(9,10)11,49-33-26-22-27-34-49)50-35-28-23-29-36-50/h22-23,26-30,33-41,51-52,65H,12,14,16-21,24-25,31-32,42-45H2,1-11H3,(H,60,62)/t51-,52+,59+/m1/s1. The fraction of sp³-hybridized carbons (Fsp3) is 0.559. The van der Waals surface area contributed by atoms with Crippen molar-refractivity contribution in [3.05, 3.63) is 103 Å². The lowest BCUT2D eigenvalue weighted by Crippen LogP contribution is -2.67. The number of Topliss-reactive ketones (excluding diaryl/α,β-unsaturated/α-hetero) is 1. The van der Waals surface area contributed by atoms with E-state index in [1.54, 1.807) is 78.8 Å². The van der Waals surface area contributed by atoms with Gasteiger partial charge >= 0.3 is 11.9 Å². The van der Waals surface area contributed by atoms with E-state index in [2.05, 4.69) is 69.1 Å². The fourth-order valence-corrected chi connectivity index (χ4v) is 13.1. The maximum absolute atomic E-state index is 15.1. The number of ketones is 1. The minimum absolute atomic E-state index is 0.0509. The minimum Gasteiger partial charge on any atom is -0.481 e. The highest BCUT2D eigenvalue weighted by Gasteiger charge is 2.53. The molecule has 0 aliphatic rings. The van der Waals surface area contributed by atoms with E-state index in [-0.39, 0.29) is 26.1 Å². The Labute approximate surface area is 422 Å². The zero-order chi connectivity index (χ0) is 51.9. The van der Waals surface area contributed by atoms with Crippen LogP contribution in [0.2, 0.25) is 5.04 Å². The molecule has 3 aromatic carbocycles. The Bertz CT molecular complexity index is 2100. The number of rotatable bonds is 29. The van der Waals surface area contributed by atoms with E-state index in [9.17, 15) is 19.5 Å². The maximum Gasteiger partial charge on any atom is 0.339 e. The third-order valence-electron chi connectivity index (χ3n) is 12.1. The van der Waals surface area contributed by atoms with E-state index in [1.165, 1.54) is 19.3 Å². The average Bonchev–Trinajstić information content (AvgIpc) is 3.29. The molecule has 0 saturated carbocycles. The number of aliphatic hydroxyl groups is 1. The van der Waals surface area contributed by atoms with Gasteiger partial charge in [0.1, 0.15) is 35.4 Å². The molecule has 0 heterocycles. The summed E-state index contributed by atoms with van der Waals surface area (Å²) in [6.07, 6.45) is 13.9. The Morgan fingerprint density at radius 1 is 0.714 bits per heavy atom. The van der Waals surface area contributed by atoms with Crippen LogP contribution in [0.15, 0.2) is 97.1 Å². The fourth-order valence-electron chi connectivity index (χ4n) is 8.53. The SMILES string of the molecule is CC#CCOc1ccc(C[C@H](NC(=O)[C@@H](C=CCCCCCCC(=O)CCCCCCC)[C@@](O)(CCO[Si](c2ccccc2)(c2ccccc2)C(C)(C)C)C(=O)OC(C)(C)C)C(=O)OC(C)(C)C)cc1. The van der Waals surface area contributed by atoms with Gasteiger partial charge in [-0.05, 0) is 107 Å². The van der Waals surface area contributed by atoms with Crippen LogP contribution in [0.3, 0.4) is 0 Å². The van der Waals surface area contributed by atoms with Crippen molar-refractivity contribution >= 4 is 42.3 Å². The van der Waals surface area contributed by atoms with Crippen LogP contribution in [0.1, 0.15) is 165 Å². The van der Waals surface area contributed by atoms with Gasteiger partial charge in [-0.1, -0.05) is 157 Å². The van der Waals surface area contributed by atoms with Crippen molar-refractivity contribution in [1.29, 1.82) is 0 Å². The summed E-state index contributed by atoms with van der Waals surface area (Å²) >= 11 is 0. The van der Waals surface area contributed by atoms with Crippen molar-refractivity contribution in [1.82, 2.24) is 5.32 Å². The molecule has 10 nitrogen and oxygen atoms in total. The normalized spacial score (nSPS) is 13.9. The van der Waals surface area contributed by atoms with E-state index >= 15 is 4.79 Å². The van der Waals surface area contributed by atoms with Crippen LogP contribution in [0.5, 0.6) is 5.75 Å². The highest BCUT2D eigenvalue weighted by Crippen LogP contribution is 2.38. The summed E-state index contributed by atoms with van der Waals surface area (Å²) in [5.41, 5.74) is -3.64. The van der Waals surface area contributed by atoms with Gasteiger partial charge in [-0.25, -0.2) is 9.59 Å². The molecule has 2 N–H and O–H groups in total. The molecule has 0 radical (unpaired) electrons. The van der Waals surface area contributed by atoms with Crippen molar-refractivity contribution in [3.8, 4) is 17.6 Å². The Morgan fingerprint density at radius 3 is 1.77 bits per heavy atom. The third kappa shape index (κ3) is 19.6. The number of unbranched alkanes of at least 4 members (excludes halogenated alkanes) is 8. The lowest BCUT2D eigenvalue weighted by atomic mass is 9.82. The molecule has 0 bridgehead atoms. The van der Waals surface area contributed by atoms with Crippen LogP contribution >= 0.6 is 0 Å². The van der Waals surface area contributed by atoms with Gasteiger partial charge in [-0.2, -0.15) is 0 Å². The molecule has 0 aromatic heterocycles. The smallest absolute Gasteiger partial charge is 0.339 e. The minimum atomic E-state index is -3.16. The molecule has 0 spiro atoms. The Balaban J connectivity index is 2.04. The van der Waals surface area contributed by atoms with Gasteiger partial charge in [-0.3, -0.25) is 9.59 Å². The number of benzene rings is 3. The number of nitrogens with one attached hydrogen (secondary N) is 1. The van der Waals surface area contributed by atoms with Gasteiger partial charge in [0.05, 0.1) is 5.92 Å². The number of carbonyl (C=O) groups excluding carboxylic acids is 4. The summed E-state index contributed by atoms with van der Waals surface area (Å²) in [4.78, 5) is 56.2. The van der Waals surface area contributed by atoms with Crippen LogP contribution in [-0.4, -0.2) is 73.1 Å². The Kier molecular flexibility index (Phi) is 24.3. The molecule has 0 unspecified atom stereocenters. The molecular formula is C59H85NO9Si. The molecule has 0 fully saturated rings. The number of allylic oxidation sites excluding steroid dienone is 1. The van der Waals surface area contributed by atoms with Crippen LogP contribution in [0.4, 0.5) is 0 Å². The molecule has 3 aromatic rings. The predicted molar refractivity (Wildman–Crippen MR) is 285 cm³/mol. The largest absolute Gasteiger partial charge is 0.481 e. The van der Waals surface area contributed by atoms with E-state index in [0.29, 0.717) is 36.4 Å². The highest BCUT2D eigenvalue weighted by atomic mass is 28.4. The van der Waals surface area contributed by atoms with Gasteiger partial charge in [-0.15, -0.1) is 5.92 Å². The molecule has 11 heteroatoms. The monoisotopic (exact) mass is 980 g/mol.